The Morgan fingerprint density at radius 3 is 2.40 bits per heavy atom. The highest BCUT2D eigenvalue weighted by Gasteiger charge is 2.20. The van der Waals surface area contributed by atoms with Crippen molar-refractivity contribution >= 4 is 10.0 Å². The van der Waals surface area contributed by atoms with E-state index in [1.54, 1.807) is 0 Å². The van der Waals surface area contributed by atoms with Crippen LogP contribution in [0.3, 0.4) is 0 Å². The first-order chi connectivity index (χ1) is 9.53. The molecule has 2 aromatic rings. The molecule has 0 aromatic heterocycles. The zero-order chi connectivity index (χ0) is 14.6. The summed E-state index contributed by atoms with van der Waals surface area (Å²) in [5.74, 6) is -0.569. The predicted octanol–water partition coefficient (Wildman–Crippen LogP) is 3.26. The Balaban J connectivity index is 2.27. The highest BCUT2D eigenvalue weighted by Crippen LogP contribution is 2.20. The Bertz CT molecular complexity index is 671. The number of nitrogens with one attached hydrogen (secondary N) is 1. The normalized spacial score (nSPS) is 13.1. The van der Waals surface area contributed by atoms with Crippen molar-refractivity contribution in [1.82, 2.24) is 4.72 Å². The van der Waals surface area contributed by atoms with Crippen molar-refractivity contribution in [2.45, 2.75) is 24.3 Å². The molecule has 2 aromatic carbocycles. The fraction of sp³-hybridized carbons (Fsp3) is 0.200. The number of hydrogen-bond acceptors (Lipinski definition) is 2. The maximum absolute atomic E-state index is 13.1. The van der Waals surface area contributed by atoms with Crippen LogP contribution in [-0.2, 0) is 10.0 Å². The Hall–Kier alpha value is -1.72. The Morgan fingerprint density at radius 1 is 1.10 bits per heavy atom. The van der Waals surface area contributed by atoms with E-state index in [2.05, 4.69) is 4.72 Å². The molecule has 2 rings (SSSR count). The van der Waals surface area contributed by atoms with Gasteiger partial charge in [0.05, 0.1) is 4.90 Å². The first kappa shape index (κ1) is 14.7. The summed E-state index contributed by atoms with van der Waals surface area (Å²) in [5.41, 5.74) is 0.884. The van der Waals surface area contributed by atoms with Gasteiger partial charge in [-0.3, -0.25) is 0 Å². The van der Waals surface area contributed by atoms with Crippen LogP contribution in [0.5, 0.6) is 0 Å². The van der Waals surface area contributed by atoms with Gasteiger partial charge in [-0.2, -0.15) is 0 Å². The van der Waals surface area contributed by atoms with Gasteiger partial charge in [0.2, 0.25) is 10.0 Å². The lowest BCUT2D eigenvalue weighted by Gasteiger charge is -2.17. The monoisotopic (exact) mass is 293 g/mol. The summed E-state index contributed by atoms with van der Waals surface area (Å²) in [5, 5.41) is 0. The topological polar surface area (TPSA) is 46.2 Å². The maximum atomic E-state index is 13.1. The van der Waals surface area contributed by atoms with E-state index < -0.39 is 15.8 Å². The Labute approximate surface area is 118 Å². The van der Waals surface area contributed by atoms with Gasteiger partial charge < -0.3 is 0 Å². The molecule has 0 amide bonds. The first-order valence-corrected chi connectivity index (χ1v) is 7.84. The molecule has 1 atom stereocenters. The Morgan fingerprint density at radius 2 is 1.80 bits per heavy atom. The van der Waals surface area contributed by atoms with Gasteiger partial charge in [-0.15, -0.1) is 0 Å². The van der Waals surface area contributed by atoms with Gasteiger partial charge in [-0.25, -0.2) is 17.5 Å². The van der Waals surface area contributed by atoms with Crippen molar-refractivity contribution in [3.63, 3.8) is 0 Å². The minimum atomic E-state index is -3.73. The molecule has 0 radical (unpaired) electrons. The molecule has 0 aliphatic heterocycles. The third-order valence-corrected chi connectivity index (χ3v) is 4.48. The number of rotatable bonds is 5. The molecular formula is C15H16FNO2S. The second-order valence-electron chi connectivity index (χ2n) is 4.45. The van der Waals surface area contributed by atoms with Crippen LogP contribution in [0.4, 0.5) is 4.39 Å². The summed E-state index contributed by atoms with van der Waals surface area (Å²) in [6.07, 6.45) is 0.610. The summed E-state index contributed by atoms with van der Waals surface area (Å²) in [6, 6.07) is 14.0. The fourth-order valence-electron chi connectivity index (χ4n) is 1.96. The molecule has 0 bridgehead atoms. The van der Waals surface area contributed by atoms with E-state index in [1.165, 1.54) is 18.2 Å². The molecule has 106 valence electrons. The van der Waals surface area contributed by atoms with E-state index in [1.807, 2.05) is 37.3 Å². The zero-order valence-electron chi connectivity index (χ0n) is 11.1. The fourth-order valence-corrected chi connectivity index (χ4v) is 3.30. The smallest absolute Gasteiger partial charge is 0.207 e. The van der Waals surface area contributed by atoms with Gasteiger partial charge in [0.25, 0.3) is 0 Å². The third kappa shape index (κ3) is 3.43. The molecule has 3 nitrogen and oxygen atoms in total. The van der Waals surface area contributed by atoms with Crippen molar-refractivity contribution in [3.05, 3.63) is 66.0 Å². The molecule has 5 heteroatoms. The minimum Gasteiger partial charge on any atom is -0.207 e. The van der Waals surface area contributed by atoms with Crippen LogP contribution < -0.4 is 4.72 Å². The molecule has 0 aliphatic rings. The molecular weight excluding hydrogens is 277 g/mol. The molecule has 0 saturated heterocycles. The van der Waals surface area contributed by atoms with Crippen molar-refractivity contribution in [3.8, 4) is 0 Å². The average Bonchev–Trinajstić information content (AvgIpc) is 2.46. The quantitative estimate of drug-likeness (QED) is 0.919. The molecule has 0 aliphatic carbocycles. The van der Waals surface area contributed by atoms with Crippen LogP contribution in [0.1, 0.15) is 24.9 Å². The van der Waals surface area contributed by atoms with Crippen molar-refractivity contribution in [2.75, 3.05) is 0 Å². The van der Waals surface area contributed by atoms with Crippen LogP contribution in [0.15, 0.2) is 59.5 Å². The van der Waals surface area contributed by atoms with E-state index in [0.717, 1.165) is 11.6 Å². The van der Waals surface area contributed by atoms with Gasteiger partial charge >= 0.3 is 0 Å². The molecule has 0 spiro atoms. The molecule has 0 saturated carbocycles. The van der Waals surface area contributed by atoms with E-state index in [9.17, 15) is 12.8 Å². The largest absolute Gasteiger partial charge is 0.241 e. The lowest BCUT2D eigenvalue weighted by Crippen LogP contribution is -2.28. The SMILES string of the molecule is CCC(NS(=O)(=O)c1cccc(F)c1)c1ccccc1. The van der Waals surface area contributed by atoms with Crippen LogP contribution in [0, 0.1) is 5.82 Å². The van der Waals surface area contributed by atoms with E-state index in [0.29, 0.717) is 6.42 Å². The van der Waals surface area contributed by atoms with Gasteiger partial charge in [0, 0.05) is 6.04 Å². The van der Waals surface area contributed by atoms with Gasteiger partial charge in [-0.05, 0) is 30.2 Å². The second kappa shape index (κ2) is 6.15. The number of halogens is 1. The van der Waals surface area contributed by atoms with E-state index >= 15 is 0 Å². The van der Waals surface area contributed by atoms with Crippen LogP contribution in [-0.4, -0.2) is 8.42 Å². The number of sulfonamides is 1. The van der Waals surface area contributed by atoms with E-state index in [-0.39, 0.29) is 10.9 Å². The molecule has 0 heterocycles. The van der Waals surface area contributed by atoms with Crippen LogP contribution >= 0.6 is 0 Å². The van der Waals surface area contributed by atoms with E-state index in [4.69, 9.17) is 0 Å². The van der Waals surface area contributed by atoms with Gasteiger partial charge in [-0.1, -0.05) is 43.3 Å². The first-order valence-electron chi connectivity index (χ1n) is 6.36. The Kier molecular flexibility index (Phi) is 4.52. The lowest BCUT2D eigenvalue weighted by molar-refractivity contribution is 0.548. The van der Waals surface area contributed by atoms with Gasteiger partial charge in [0.1, 0.15) is 5.82 Å². The third-order valence-electron chi connectivity index (χ3n) is 3.01. The van der Waals surface area contributed by atoms with Crippen LogP contribution in [0.25, 0.3) is 0 Å². The molecule has 1 N–H and O–H groups in total. The van der Waals surface area contributed by atoms with Crippen molar-refractivity contribution in [1.29, 1.82) is 0 Å². The summed E-state index contributed by atoms with van der Waals surface area (Å²) in [6.45, 7) is 1.89. The second-order valence-corrected chi connectivity index (χ2v) is 6.16. The lowest BCUT2D eigenvalue weighted by atomic mass is 10.1. The molecule has 0 fully saturated rings. The maximum Gasteiger partial charge on any atom is 0.241 e. The summed E-state index contributed by atoms with van der Waals surface area (Å²) < 4.78 is 40.3. The van der Waals surface area contributed by atoms with Crippen molar-refractivity contribution in [2.24, 2.45) is 0 Å². The number of hydrogen-bond donors (Lipinski definition) is 1. The van der Waals surface area contributed by atoms with Crippen molar-refractivity contribution < 1.29 is 12.8 Å². The predicted molar refractivity (Wildman–Crippen MR) is 76.2 cm³/mol. The highest BCUT2D eigenvalue weighted by molar-refractivity contribution is 7.89. The molecule has 1 unspecified atom stereocenters. The summed E-state index contributed by atoms with van der Waals surface area (Å²) in [4.78, 5) is -0.0631. The highest BCUT2D eigenvalue weighted by atomic mass is 32.2. The average molecular weight is 293 g/mol. The number of benzene rings is 2. The van der Waals surface area contributed by atoms with Crippen LogP contribution in [0.2, 0.25) is 0 Å². The molecule has 20 heavy (non-hydrogen) atoms. The minimum absolute atomic E-state index is 0.0631. The standard InChI is InChI=1S/C15H16FNO2S/c1-2-15(12-7-4-3-5-8-12)17-20(18,19)14-10-6-9-13(16)11-14/h3-11,15,17H,2H2,1H3. The summed E-state index contributed by atoms with van der Waals surface area (Å²) in [7, 11) is -3.73. The van der Waals surface area contributed by atoms with Gasteiger partial charge in [0.15, 0.2) is 0 Å². The zero-order valence-corrected chi connectivity index (χ0v) is 11.9. The summed E-state index contributed by atoms with van der Waals surface area (Å²) >= 11 is 0.